The largest absolute Gasteiger partial charge is 0.0683 e. The maximum atomic E-state index is 2.40. The van der Waals surface area contributed by atoms with Gasteiger partial charge in [-0.15, -0.1) is 0 Å². The molecule has 0 bridgehead atoms. The summed E-state index contributed by atoms with van der Waals surface area (Å²) in [5, 5.41) is 0. The van der Waals surface area contributed by atoms with Crippen molar-refractivity contribution in [3.8, 4) is 0 Å². The molecule has 0 heteroatoms. The smallest absolute Gasteiger partial charge is 0.0300 e. The molecular formula is C12H26. The van der Waals surface area contributed by atoms with E-state index in [-0.39, 0.29) is 0 Å². The molecule has 74 valence electrons. The van der Waals surface area contributed by atoms with Gasteiger partial charge in [0, 0.05) is 0 Å². The zero-order valence-corrected chi connectivity index (χ0v) is 9.99. The topological polar surface area (TPSA) is 0 Å². The lowest BCUT2D eigenvalue weighted by Crippen LogP contribution is -2.25. The molecule has 1 fully saturated rings. The van der Waals surface area contributed by atoms with Crippen LogP contribution in [0.4, 0.5) is 0 Å². The summed E-state index contributed by atoms with van der Waals surface area (Å²) in [6.45, 7) is 16.0. The summed E-state index contributed by atoms with van der Waals surface area (Å²) >= 11 is 0. The lowest BCUT2D eigenvalue weighted by atomic mass is 9.71. The van der Waals surface area contributed by atoms with Crippen LogP contribution in [-0.4, -0.2) is 0 Å². The first-order valence-electron chi connectivity index (χ1n) is 5.35. The lowest BCUT2D eigenvalue weighted by Gasteiger charge is -2.34. The molecule has 0 aliphatic heterocycles. The van der Waals surface area contributed by atoms with Crippen molar-refractivity contribution in [1.82, 2.24) is 0 Å². The Morgan fingerprint density at radius 2 is 1.08 bits per heavy atom. The Bertz CT molecular complexity index is 115. The van der Waals surface area contributed by atoms with Crippen molar-refractivity contribution in [2.45, 2.75) is 61.3 Å². The van der Waals surface area contributed by atoms with Crippen LogP contribution >= 0.6 is 0 Å². The molecule has 1 aliphatic rings. The molecule has 0 saturated heterocycles. The van der Waals surface area contributed by atoms with Crippen molar-refractivity contribution < 1.29 is 0 Å². The Kier molecular flexibility index (Phi) is 3.81. The summed E-state index contributed by atoms with van der Waals surface area (Å²) < 4.78 is 0. The van der Waals surface area contributed by atoms with Gasteiger partial charge in [0.15, 0.2) is 0 Å². The maximum Gasteiger partial charge on any atom is -0.0300 e. The predicted molar refractivity (Wildman–Crippen MR) is 57.3 cm³/mol. The molecule has 0 aromatic heterocycles. The highest BCUT2D eigenvalue weighted by atomic mass is 14.5. The molecular weight excluding hydrogens is 144 g/mol. The van der Waals surface area contributed by atoms with Crippen LogP contribution < -0.4 is 0 Å². The number of rotatable bonds is 0. The van der Waals surface area contributed by atoms with Crippen LogP contribution in [0.3, 0.4) is 0 Å². The van der Waals surface area contributed by atoms with Crippen LogP contribution in [0.5, 0.6) is 0 Å². The molecule has 0 radical (unpaired) electrons. The van der Waals surface area contributed by atoms with E-state index in [0.717, 1.165) is 5.92 Å². The average molecular weight is 170 g/mol. The van der Waals surface area contributed by atoms with Crippen LogP contribution in [0.25, 0.3) is 0 Å². The molecule has 0 atom stereocenters. The maximum absolute atomic E-state index is 2.40. The van der Waals surface area contributed by atoms with Crippen molar-refractivity contribution in [3.63, 3.8) is 0 Å². The molecule has 1 saturated carbocycles. The zero-order valence-electron chi connectivity index (χ0n) is 9.99. The van der Waals surface area contributed by atoms with E-state index in [4.69, 9.17) is 0 Å². The van der Waals surface area contributed by atoms with E-state index < -0.39 is 0 Å². The predicted octanol–water partition coefficient (Wildman–Crippen LogP) is 4.49. The van der Waals surface area contributed by atoms with Crippen molar-refractivity contribution in [3.05, 3.63) is 0 Å². The van der Waals surface area contributed by atoms with Crippen LogP contribution in [0.1, 0.15) is 61.3 Å². The summed E-state index contributed by atoms with van der Waals surface area (Å²) in [5.74, 6) is 0.935. The molecule has 0 aromatic rings. The molecule has 12 heavy (non-hydrogen) atoms. The average Bonchev–Trinajstić information content (AvgIpc) is 2.04. The van der Waals surface area contributed by atoms with E-state index in [1.807, 2.05) is 13.8 Å². The van der Waals surface area contributed by atoms with Gasteiger partial charge in [-0.1, -0.05) is 48.5 Å². The van der Waals surface area contributed by atoms with E-state index in [1.54, 1.807) is 0 Å². The zero-order chi connectivity index (χ0) is 9.99. The fourth-order valence-electron chi connectivity index (χ4n) is 2.37. The van der Waals surface area contributed by atoms with Gasteiger partial charge in [0.25, 0.3) is 0 Å². The third kappa shape index (κ3) is 2.24. The Hall–Kier alpha value is 0. The van der Waals surface area contributed by atoms with Gasteiger partial charge in [-0.2, -0.15) is 0 Å². The molecule has 0 heterocycles. The second-order valence-electron chi connectivity index (χ2n) is 5.28. The second kappa shape index (κ2) is 3.81. The summed E-state index contributed by atoms with van der Waals surface area (Å²) in [7, 11) is 0. The highest BCUT2D eigenvalue weighted by molar-refractivity contribution is 4.94. The molecule has 0 unspecified atom stereocenters. The van der Waals surface area contributed by atoms with Gasteiger partial charge in [0.2, 0.25) is 0 Å². The summed E-state index contributed by atoms with van der Waals surface area (Å²) in [6, 6.07) is 0. The fraction of sp³-hybridized carbons (Fsp3) is 1.00. The van der Waals surface area contributed by atoms with Crippen molar-refractivity contribution in [2.75, 3.05) is 0 Å². The monoisotopic (exact) mass is 170 g/mol. The van der Waals surface area contributed by atoms with Crippen molar-refractivity contribution >= 4 is 0 Å². The van der Waals surface area contributed by atoms with Crippen LogP contribution in [0, 0.1) is 16.7 Å². The van der Waals surface area contributed by atoms with Gasteiger partial charge in [-0.25, -0.2) is 0 Å². The van der Waals surface area contributed by atoms with Gasteiger partial charge >= 0.3 is 0 Å². The quantitative estimate of drug-likeness (QED) is 0.502. The minimum Gasteiger partial charge on any atom is -0.0683 e. The van der Waals surface area contributed by atoms with Crippen LogP contribution in [0.2, 0.25) is 0 Å². The first-order chi connectivity index (χ1) is 5.35. The van der Waals surface area contributed by atoms with Crippen LogP contribution in [-0.2, 0) is 0 Å². The second-order valence-corrected chi connectivity index (χ2v) is 5.28. The Morgan fingerprint density at radius 1 is 0.833 bits per heavy atom. The first kappa shape index (κ1) is 12.0. The summed E-state index contributed by atoms with van der Waals surface area (Å²) in [5.41, 5.74) is 1.12. The molecule has 0 N–H and O–H groups in total. The SMILES string of the molecule is CC.CC1CC(C)(C)C(C)(C)C1. The third-order valence-corrected chi connectivity index (χ3v) is 3.55. The van der Waals surface area contributed by atoms with Gasteiger partial charge in [0.1, 0.15) is 0 Å². The molecule has 0 nitrogen and oxygen atoms in total. The molecule has 0 amide bonds. The van der Waals surface area contributed by atoms with E-state index in [9.17, 15) is 0 Å². The van der Waals surface area contributed by atoms with Gasteiger partial charge in [-0.05, 0) is 29.6 Å². The Labute approximate surface area is 78.8 Å². The molecule has 0 aromatic carbocycles. The highest BCUT2D eigenvalue weighted by Gasteiger charge is 2.44. The third-order valence-electron chi connectivity index (χ3n) is 3.55. The number of hydrogen-bond acceptors (Lipinski definition) is 0. The molecule has 1 rings (SSSR count). The van der Waals surface area contributed by atoms with Crippen molar-refractivity contribution in [2.24, 2.45) is 16.7 Å². The van der Waals surface area contributed by atoms with E-state index in [1.165, 1.54) is 12.8 Å². The van der Waals surface area contributed by atoms with Crippen molar-refractivity contribution in [1.29, 1.82) is 0 Å². The summed E-state index contributed by atoms with van der Waals surface area (Å²) in [6.07, 6.45) is 2.81. The minimum absolute atomic E-state index is 0.562. The first-order valence-corrected chi connectivity index (χ1v) is 5.35. The standard InChI is InChI=1S/C10H20.C2H6/c1-8-6-9(2,3)10(4,5)7-8;1-2/h8H,6-7H2,1-5H3;1-2H3. The number of hydrogen-bond donors (Lipinski definition) is 0. The summed E-state index contributed by atoms with van der Waals surface area (Å²) in [4.78, 5) is 0. The van der Waals surface area contributed by atoms with E-state index >= 15 is 0 Å². The fourth-order valence-corrected chi connectivity index (χ4v) is 2.37. The molecule has 1 aliphatic carbocycles. The van der Waals surface area contributed by atoms with Gasteiger partial charge in [-0.3, -0.25) is 0 Å². The Balaban J connectivity index is 0.000000561. The Morgan fingerprint density at radius 3 is 1.17 bits per heavy atom. The van der Waals surface area contributed by atoms with E-state index in [0.29, 0.717) is 10.8 Å². The van der Waals surface area contributed by atoms with Crippen LogP contribution in [0.15, 0.2) is 0 Å². The molecule has 0 spiro atoms. The highest BCUT2D eigenvalue weighted by Crippen LogP contribution is 2.54. The van der Waals surface area contributed by atoms with Gasteiger partial charge < -0.3 is 0 Å². The minimum atomic E-state index is 0.562. The van der Waals surface area contributed by atoms with E-state index in [2.05, 4.69) is 34.6 Å². The lowest BCUT2D eigenvalue weighted by molar-refractivity contribution is 0.157. The van der Waals surface area contributed by atoms with Gasteiger partial charge in [0.05, 0.1) is 0 Å². The normalized spacial score (nSPS) is 26.2.